The second kappa shape index (κ2) is 8.57. The minimum absolute atomic E-state index is 0.132. The molecule has 1 amide bonds. The number of thiazole rings is 1. The van der Waals surface area contributed by atoms with Crippen LogP contribution in [-0.4, -0.2) is 57.5 Å². The number of pyridine rings is 1. The average Bonchev–Trinajstić information content (AvgIpc) is 3.33. The summed E-state index contributed by atoms with van der Waals surface area (Å²) in [5.41, 5.74) is 1.48. The lowest BCUT2D eigenvalue weighted by Crippen LogP contribution is -2.30. The molecule has 0 saturated carbocycles. The number of ether oxygens (including phenoxy) is 1. The zero-order valence-electron chi connectivity index (χ0n) is 17.1. The van der Waals surface area contributed by atoms with Crippen LogP contribution in [0, 0.1) is 18.7 Å². The van der Waals surface area contributed by atoms with E-state index in [1.807, 2.05) is 18.7 Å². The molecule has 0 aromatic carbocycles. The molecule has 1 aliphatic heterocycles. The summed E-state index contributed by atoms with van der Waals surface area (Å²) in [7, 11) is 1.67. The largest absolute Gasteiger partial charge is 0.384 e. The number of nitrogens with one attached hydrogen (secondary N) is 1. The van der Waals surface area contributed by atoms with Gasteiger partial charge in [0.05, 0.1) is 23.9 Å². The maximum atomic E-state index is 13.5. The minimum atomic E-state index is -0.414. The zero-order chi connectivity index (χ0) is 21.3. The van der Waals surface area contributed by atoms with Crippen molar-refractivity contribution in [1.82, 2.24) is 24.8 Å². The number of methoxy groups -OCH3 is 1. The highest BCUT2D eigenvalue weighted by molar-refractivity contribution is 7.18. The van der Waals surface area contributed by atoms with Crippen molar-refractivity contribution in [3.8, 4) is 0 Å². The van der Waals surface area contributed by atoms with E-state index < -0.39 is 5.82 Å². The number of aromatic nitrogens is 4. The molecule has 0 spiro atoms. The fraction of sp³-hybridized carbons (Fsp3) is 0.450. The molecule has 158 valence electrons. The second-order valence-electron chi connectivity index (χ2n) is 7.45. The number of aryl methyl sites for hydroxylation is 1. The summed E-state index contributed by atoms with van der Waals surface area (Å²) in [4.78, 5) is 32.4. The lowest BCUT2D eigenvalue weighted by molar-refractivity contribution is 0.0772. The van der Waals surface area contributed by atoms with Crippen molar-refractivity contribution in [2.45, 2.75) is 26.3 Å². The van der Waals surface area contributed by atoms with Gasteiger partial charge in [-0.1, -0.05) is 0 Å². The van der Waals surface area contributed by atoms with Crippen LogP contribution in [0.2, 0.25) is 0 Å². The number of rotatable bonds is 6. The van der Waals surface area contributed by atoms with E-state index in [1.165, 1.54) is 17.4 Å². The molecular weight excluding hydrogens is 407 g/mol. The predicted octanol–water partition coefficient (Wildman–Crippen LogP) is 3.21. The van der Waals surface area contributed by atoms with Crippen molar-refractivity contribution < 1.29 is 13.9 Å². The third-order valence-electron chi connectivity index (χ3n) is 5.11. The molecule has 8 nitrogen and oxygen atoms in total. The third kappa shape index (κ3) is 4.24. The molecule has 10 heteroatoms. The molecule has 0 bridgehead atoms. The quantitative estimate of drug-likeness (QED) is 0.642. The Labute approximate surface area is 177 Å². The lowest BCUT2D eigenvalue weighted by Gasteiger charge is -2.18. The molecular formula is C20H23FN6O2S. The van der Waals surface area contributed by atoms with Gasteiger partial charge in [0.2, 0.25) is 5.95 Å². The Hall–Kier alpha value is -2.72. The monoisotopic (exact) mass is 430 g/mol. The average molecular weight is 431 g/mol. The van der Waals surface area contributed by atoms with Crippen molar-refractivity contribution >= 4 is 33.5 Å². The van der Waals surface area contributed by atoms with E-state index >= 15 is 0 Å². The van der Waals surface area contributed by atoms with Gasteiger partial charge in [-0.2, -0.15) is 4.98 Å². The number of fused-ring (bicyclic) bond motifs is 1. The predicted molar refractivity (Wildman–Crippen MR) is 112 cm³/mol. The van der Waals surface area contributed by atoms with Crippen LogP contribution in [-0.2, 0) is 4.74 Å². The number of hydrogen-bond donors (Lipinski definition) is 1. The van der Waals surface area contributed by atoms with Crippen molar-refractivity contribution in [3.63, 3.8) is 0 Å². The van der Waals surface area contributed by atoms with Gasteiger partial charge in [-0.25, -0.2) is 14.4 Å². The third-order valence-corrected chi connectivity index (χ3v) is 6.08. The Morgan fingerprint density at radius 2 is 2.23 bits per heavy atom. The van der Waals surface area contributed by atoms with E-state index in [2.05, 4.69) is 25.3 Å². The Balaban J connectivity index is 1.63. The van der Waals surface area contributed by atoms with E-state index in [1.54, 1.807) is 13.3 Å². The van der Waals surface area contributed by atoms with Crippen LogP contribution < -0.4 is 5.32 Å². The maximum Gasteiger partial charge on any atom is 0.274 e. The number of carbonyl (C=O) groups is 1. The summed E-state index contributed by atoms with van der Waals surface area (Å²) in [6.07, 6.45) is 3.64. The van der Waals surface area contributed by atoms with Gasteiger partial charge in [-0.15, -0.1) is 11.3 Å². The number of carbonyl (C=O) groups excluding carboxylic acids is 1. The van der Waals surface area contributed by atoms with Gasteiger partial charge in [0.25, 0.3) is 5.91 Å². The Kier molecular flexibility index (Phi) is 5.87. The fourth-order valence-electron chi connectivity index (χ4n) is 3.62. The standard InChI is InChI=1S/C20H23FN6O2S/c1-11(14-6-15(21)8-22-7-14)23-20-25-16(17-18(26-20)24-12(2)30-17)19(28)27-5-4-13(9-27)10-29-3/h6-8,11,13H,4-5,9-10H2,1-3H3,(H,23,25,26)/t11-,13+/m0/s1. The number of halogens is 1. The van der Waals surface area contributed by atoms with E-state index in [-0.39, 0.29) is 17.9 Å². The van der Waals surface area contributed by atoms with E-state index in [0.29, 0.717) is 47.2 Å². The van der Waals surface area contributed by atoms with E-state index in [9.17, 15) is 9.18 Å². The zero-order valence-corrected chi connectivity index (χ0v) is 17.9. The Bertz CT molecular complexity index is 1070. The highest BCUT2D eigenvalue weighted by Crippen LogP contribution is 2.28. The summed E-state index contributed by atoms with van der Waals surface area (Å²) in [5, 5.41) is 3.96. The number of anilines is 1. The molecule has 3 aromatic heterocycles. The summed E-state index contributed by atoms with van der Waals surface area (Å²) in [6.45, 7) is 5.68. The van der Waals surface area contributed by atoms with Crippen molar-refractivity contribution in [2.75, 3.05) is 32.1 Å². The van der Waals surface area contributed by atoms with Gasteiger partial charge in [0.1, 0.15) is 10.5 Å². The van der Waals surface area contributed by atoms with Crippen LogP contribution in [0.15, 0.2) is 18.5 Å². The second-order valence-corrected chi connectivity index (χ2v) is 8.65. The first-order chi connectivity index (χ1) is 14.4. The SMILES string of the molecule is COC[C@@H]1CCN(C(=O)c2nc(N[C@@H](C)c3cncc(F)c3)nc3nc(C)sc23)C1. The molecule has 1 saturated heterocycles. The number of likely N-dealkylation sites (tertiary alicyclic amines) is 1. The van der Waals surface area contributed by atoms with Crippen LogP contribution in [0.5, 0.6) is 0 Å². The topological polar surface area (TPSA) is 93.1 Å². The molecule has 0 aliphatic carbocycles. The van der Waals surface area contributed by atoms with Crippen molar-refractivity contribution in [3.05, 3.63) is 40.5 Å². The molecule has 3 aromatic rings. The fourth-order valence-corrected chi connectivity index (χ4v) is 4.46. The van der Waals surface area contributed by atoms with Crippen LogP contribution in [0.25, 0.3) is 10.3 Å². The van der Waals surface area contributed by atoms with Gasteiger partial charge in [0.15, 0.2) is 11.3 Å². The molecule has 1 N–H and O–H groups in total. The molecule has 2 atom stereocenters. The van der Waals surface area contributed by atoms with Crippen LogP contribution >= 0.6 is 11.3 Å². The molecule has 4 rings (SSSR count). The van der Waals surface area contributed by atoms with Crippen LogP contribution in [0.1, 0.15) is 40.4 Å². The van der Waals surface area contributed by atoms with Crippen molar-refractivity contribution in [2.24, 2.45) is 5.92 Å². The Morgan fingerprint density at radius 3 is 3.00 bits per heavy atom. The van der Waals surface area contributed by atoms with E-state index in [0.717, 1.165) is 17.6 Å². The molecule has 30 heavy (non-hydrogen) atoms. The highest BCUT2D eigenvalue weighted by atomic mass is 32.1. The van der Waals surface area contributed by atoms with Crippen LogP contribution in [0.3, 0.4) is 0 Å². The molecule has 1 aliphatic rings. The van der Waals surface area contributed by atoms with Gasteiger partial charge >= 0.3 is 0 Å². The first-order valence-corrected chi connectivity index (χ1v) is 10.6. The van der Waals surface area contributed by atoms with Gasteiger partial charge in [-0.05, 0) is 31.9 Å². The summed E-state index contributed by atoms with van der Waals surface area (Å²) < 4.78 is 19.4. The normalized spacial score (nSPS) is 17.5. The molecule has 1 fully saturated rings. The van der Waals surface area contributed by atoms with Gasteiger partial charge in [0, 0.05) is 32.3 Å². The van der Waals surface area contributed by atoms with Crippen molar-refractivity contribution in [1.29, 1.82) is 0 Å². The van der Waals surface area contributed by atoms with Gasteiger partial charge < -0.3 is 15.0 Å². The maximum absolute atomic E-state index is 13.5. The summed E-state index contributed by atoms with van der Waals surface area (Å²) in [6, 6.07) is 1.11. The number of nitrogens with zero attached hydrogens (tertiary/aromatic N) is 5. The first-order valence-electron chi connectivity index (χ1n) is 9.75. The molecule has 4 heterocycles. The number of hydrogen-bond acceptors (Lipinski definition) is 8. The molecule has 0 radical (unpaired) electrons. The molecule has 0 unspecified atom stereocenters. The number of amides is 1. The summed E-state index contributed by atoms with van der Waals surface area (Å²) in [5.74, 6) is 0.0639. The smallest absolute Gasteiger partial charge is 0.274 e. The highest BCUT2D eigenvalue weighted by Gasteiger charge is 2.30. The van der Waals surface area contributed by atoms with Gasteiger partial charge in [-0.3, -0.25) is 9.78 Å². The lowest BCUT2D eigenvalue weighted by atomic mass is 10.1. The Morgan fingerprint density at radius 1 is 1.40 bits per heavy atom. The van der Waals surface area contributed by atoms with E-state index in [4.69, 9.17) is 4.74 Å². The summed E-state index contributed by atoms with van der Waals surface area (Å²) >= 11 is 1.41. The first kappa shape index (κ1) is 20.5. The minimum Gasteiger partial charge on any atom is -0.384 e. The van der Waals surface area contributed by atoms with Crippen LogP contribution in [0.4, 0.5) is 10.3 Å².